The van der Waals surface area contributed by atoms with Crippen LogP contribution >= 0.6 is 24.0 Å². The lowest BCUT2D eigenvalue weighted by Crippen LogP contribution is -2.31. The summed E-state index contributed by atoms with van der Waals surface area (Å²) in [6.45, 7) is 2.90. The number of hydrogen-bond donors (Lipinski definition) is 5. The fourth-order valence-electron chi connectivity index (χ4n) is 4.84. The molecule has 0 aliphatic rings. The lowest BCUT2D eigenvalue weighted by Gasteiger charge is -2.15. The molecule has 5 N–H and O–H groups in total. The number of benzene rings is 1. The Morgan fingerprint density at radius 2 is 1.20 bits per heavy atom. The molecule has 0 saturated carbocycles. The number of Topliss-reactive ketones (excluding diaryl/α,β-unsaturated/α-hetero) is 1. The third kappa shape index (κ3) is 23.5. The van der Waals surface area contributed by atoms with E-state index in [0.29, 0.717) is 79.6 Å². The van der Waals surface area contributed by atoms with Crippen LogP contribution < -0.4 is 10.6 Å². The summed E-state index contributed by atoms with van der Waals surface area (Å²) in [6.07, 6.45) is 7.62. The summed E-state index contributed by atoms with van der Waals surface area (Å²) in [4.78, 5) is 61.0. The van der Waals surface area contributed by atoms with Crippen molar-refractivity contribution in [3.63, 3.8) is 0 Å². The molecule has 0 aliphatic heterocycles. The van der Waals surface area contributed by atoms with Gasteiger partial charge in [-0.05, 0) is 80.8 Å². The molecule has 0 fully saturated rings. The second-order valence-electron chi connectivity index (χ2n) is 12.2. The van der Waals surface area contributed by atoms with Crippen molar-refractivity contribution in [3.05, 3.63) is 29.8 Å². The molecule has 0 aromatic heterocycles. The van der Waals surface area contributed by atoms with Crippen molar-refractivity contribution >= 4 is 58.4 Å². The van der Waals surface area contributed by atoms with E-state index in [0.717, 1.165) is 52.9 Å². The molecular formula is C35H54N6O8S2. The zero-order chi connectivity index (χ0) is 37.9. The summed E-state index contributed by atoms with van der Waals surface area (Å²) in [5, 5.41) is 47.9. The van der Waals surface area contributed by atoms with Crippen molar-refractivity contribution in [1.82, 2.24) is 25.8 Å². The van der Waals surface area contributed by atoms with Gasteiger partial charge in [0.25, 0.3) is 0 Å². The molecule has 0 spiro atoms. The Bertz CT molecular complexity index is 1280. The van der Waals surface area contributed by atoms with Gasteiger partial charge in [0.1, 0.15) is 11.2 Å². The van der Waals surface area contributed by atoms with Crippen LogP contribution in [-0.2, 0) is 30.4 Å². The van der Waals surface area contributed by atoms with Gasteiger partial charge in [0.2, 0.25) is 23.6 Å². The maximum atomic E-state index is 12.2. The number of unbranched alkanes of at least 4 members (excludes halogenated alkanes) is 7. The summed E-state index contributed by atoms with van der Waals surface area (Å²) in [5.41, 5.74) is 1.06. The summed E-state index contributed by atoms with van der Waals surface area (Å²) >= 11 is 6.50. The number of carbonyl (C=O) groups is 5. The quantitative estimate of drug-likeness (QED) is 0.0193. The van der Waals surface area contributed by atoms with Gasteiger partial charge in [-0.25, -0.2) is 15.2 Å². The van der Waals surface area contributed by atoms with E-state index in [4.69, 9.17) is 17.5 Å². The van der Waals surface area contributed by atoms with Crippen LogP contribution in [0.1, 0.15) is 109 Å². The second kappa shape index (κ2) is 28.0. The number of thioether (sulfide) groups is 1. The fraction of sp³-hybridized carbons (Fsp3) is 0.629. The van der Waals surface area contributed by atoms with Crippen molar-refractivity contribution in [2.45, 2.75) is 115 Å². The third-order valence-corrected chi connectivity index (χ3v) is 8.78. The first-order chi connectivity index (χ1) is 24.4. The average molecular weight is 751 g/mol. The smallest absolute Gasteiger partial charge is 0.246 e. The van der Waals surface area contributed by atoms with Crippen molar-refractivity contribution < 1.29 is 39.6 Å². The third-order valence-electron chi connectivity index (χ3n) is 7.89. The second-order valence-corrected chi connectivity index (χ2v) is 13.6. The number of rotatable bonds is 28. The van der Waals surface area contributed by atoms with E-state index in [1.54, 1.807) is 0 Å². The van der Waals surface area contributed by atoms with Crippen LogP contribution in [0.4, 0.5) is 0 Å². The molecular weight excluding hydrogens is 697 g/mol. The predicted molar refractivity (Wildman–Crippen MR) is 196 cm³/mol. The standard InChI is InChI=1S/C35H54N6O8S2/c1-28(42)39(47)23-9-3-2-6-12-30(43)15-19-34(45)40(48)24-10-4-7-21-37-32(44)18-20-35(46)41(49)25-11-5-8-22-38-33(50)26-29-13-16-31(17-14-29)51-27-36/h13-14,16-17,47-49H,2-12,15,18-26H2,1H3,(H,37,44)(H,38,50). The highest BCUT2D eigenvalue weighted by atomic mass is 32.2. The molecule has 14 nitrogen and oxygen atoms in total. The molecule has 0 radical (unpaired) electrons. The molecule has 284 valence electrons. The van der Waals surface area contributed by atoms with Gasteiger partial charge in [-0.1, -0.05) is 37.2 Å². The molecule has 16 heteroatoms. The van der Waals surface area contributed by atoms with Crippen molar-refractivity contribution in [2.75, 3.05) is 32.7 Å². The van der Waals surface area contributed by atoms with Crippen LogP contribution in [-0.4, -0.2) is 97.9 Å². The molecule has 0 heterocycles. The van der Waals surface area contributed by atoms with Gasteiger partial charge >= 0.3 is 0 Å². The predicted octanol–water partition coefficient (Wildman–Crippen LogP) is 4.93. The Hall–Kier alpha value is -3.62. The van der Waals surface area contributed by atoms with Crippen LogP contribution in [0.25, 0.3) is 0 Å². The van der Waals surface area contributed by atoms with Crippen LogP contribution in [0.5, 0.6) is 0 Å². The number of nitrogens with zero attached hydrogens (tertiary/aromatic N) is 4. The van der Waals surface area contributed by atoms with Gasteiger partial charge in [-0.2, -0.15) is 5.26 Å². The Labute approximate surface area is 310 Å². The number of amides is 4. The van der Waals surface area contributed by atoms with Crippen LogP contribution in [0.2, 0.25) is 0 Å². The first kappa shape index (κ1) is 45.4. The van der Waals surface area contributed by atoms with Crippen molar-refractivity contribution in [3.8, 4) is 5.40 Å². The highest BCUT2D eigenvalue weighted by Gasteiger charge is 2.14. The van der Waals surface area contributed by atoms with E-state index >= 15 is 0 Å². The Kier molecular flexibility index (Phi) is 24.9. The zero-order valence-corrected chi connectivity index (χ0v) is 31.3. The summed E-state index contributed by atoms with van der Waals surface area (Å²) in [5.74, 6) is -1.80. The lowest BCUT2D eigenvalue weighted by molar-refractivity contribution is -0.166. The Morgan fingerprint density at radius 3 is 1.76 bits per heavy atom. The number of nitrogens with one attached hydrogen (secondary N) is 2. The van der Waals surface area contributed by atoms with Gasteiger partial charge in [0.15, 0.2) is 0 Å². The Balaban J connectivity index is 2.01. The van der Waals surface area contributed by atoms with Crippen LogP contribution in [0.15, 0.2) is 29.2 Å². The molecule has 4 amide bonds. The fourth-order valence-corrected chi connectivity index (χ4v) is 5.49. The minimum Gasteiger partial charge on any atom is -0.379 e. The van der Waals surface area contributed by atoms with Gasteiger partial charge < -0.3 is 10.6 Å². The highest BCUT2D eigenvalue weighted by molar-refractivity contribution is 8.03. The largest absolute Gasteiger partial charge is 0.379 e. The summed E-state index contributed by atoms with van der Waals surface area (Å²) in [6, 6.07) is 7.67. The van der Waals surface area contributed by atoms with E-state index in [-0.39, 0.29) is 57.0 Å². The van der Waals surface area contributed by atoms with E-state index in [9.17, 15) is 39.6 Å². The van der Waals surface area contributed by atoms with E-state index in [1.165, 1.54) is 6.92 Å². The molecule has 1 aromatic rings. The first-order valence-corrected chi connectivity index (χ1v) is 18.8. The van der Waals surface area contributed by atoms with Crippen LogP contribution in [0, 0.1) is 10.7 Å². The SMILES string of the molecule is CC(=O)N(O)CCCCCCC(=O)CCC(=O)N(O)CCCCCNC(=O)CCC(=O)N(O)CCCCCNC(=S)Cc1ccc(SC#N)cc1. The maximum Gasteiger partial charge on any atom is 0.246 e. The normalized spacial score (nSPS) is 10.6. The average Bonchev–Trinajstić information content (AvgIpc) is 3.10. The number of hydrogen-bond acceptors (Lipinski definition) is 11. The van der Waals surface area contributed by atoms with Crippen molar-refractivity contribution in [2.24, 2.45) is 0 Å². The summed E-state index contributed by atoms with van der Waals surface area (Å²) < 4.78 is 0. The highest BCUT2D eigenvalue weighted by Crippen LogP contribution is 2.17. The molecule has 0 unspecified atom stereocenters. The number of ketones is 1. The molecule has 51 heavy (non-hydrogen) atoms. The molecule has 1 aromatic carbocycles. The van der Waals surface area contributed by atoms with E-state index < -0.39 is 17.7 Å². The van der Waals surface area contributed by atoms with Gasteiger partial charge in [-0.3, -0.25) is 39.6 Å². The summed E-state index contributed by atoms with van der Waals surface area (Å²) in [7, 11) is 0. The minimum atomic E-state index is -0.518. The molecule has 1 rings (SSSR count). The number of carbonyl (C=O) groups excluding carboxylic acids is 5. The lowest BCUT2D eigenvalue weighted by atomic mass is 10.1. The van der Waals surface area contributed by atoms with E-state index in [2.05, 4.69) is 10.6 Å². The molecule has 0 atom stereocenters. The number of nitriles is 1. The number of thiocyanates is 1. The minimum absolute atomic E-state index is 0.0433. The molecule has 0 aliphatic carbocycles. The molecule has 0 bridgehead atoms. The molecule has 0 saturated heterocycles. The van der Waals surface area contributed by atoms with Gasteiger partial charge in [0.05, 0.1) is 4.99 Å². The number of thiocarbonyl (C=S) groups is 1. The first-order valence-electron chi connectivity index (χ1n) is 17.6. The van der Waals surface area contributed by atoms with Gasteiger partial charge in [-0.15, -0.1) is 0 Å². The van der Waals surface area contributed by atoms with Crippen LogP contribution in [0.3, 0.4) is 0 Å². The monoisotopic (exact) mass is 750 g/mol. The van der Waals surface area contributed by atoms with Crippen molar-refractivity contribution in [1.29, 1.82) is 5.26 Å². The maximum absolute atomic E-state index is 12.2. The zero-order valence-electron chi connectivity index (χ0n) is 29.6. The van der Waals surface area contributed by atoms with E-state index in [1.807, 2.05) is 29.7 Å². The van der Waals surface area contributed by atoms with Gasteiger partial charge in [0, 0.05) is 83.1 Å². The topological polar surface area (TPSA) is 204 Å². The Morgan fingerprint density at radius 1 is 0.686 bits per heavy atom. The number of hydroxylamine groups is 6.